The van der Waals surface area contributed by atoms with Gasteiger partial charge in [0, 0.05) is 13.7 Å². The van der Waals surface area contributed by atoms with Gasteiger partial charge < -0.3 is 25.1 Å². The zero-order chi connectivity index (χ0) is 12.8. The lowest BCUT2D eigenvalue weighted by atomic mass is 10.0. The van der Waals surface area contributed by atoms with Crippen LogP contribution in [0.4, 0.5) is 0 Å². The number of hydrogen-bond acceptors (Lipinski definition) is 5. The van der Waals surface area contributed by atoms with Crippen LogP contribution < -0.4 is 15.2 Å². The molecule has 1 atom stereocenters. The Morgan fingerprint density at radius 2 is 1.71 bits per heavy atom. The highest BCUT2D eigenvalue weighted by molar-refractivity contribution is 5.48. The van der Waals surface area contributed by atoms with Crippen molar-refractivity contribution < 1.29 is 19.3 Å². The van der Waals surface area contributed by atoms with Gasteiger partial charge in [-0.15, -0.1) is 0 Å². The summed E-state index contributed by atoms with van der Waals surface area (Å²) in [6.07, 6.45) is -0.727. The minimum Gasteiger partial charge on any atom is -0.496 e. The van der Waals surface area contributed by atoms with Crippen molar-refractivity contribution in [2.75, 3.05) is 27.9 Å². The molecule has 1 aromatic rings. The number of nitrogens with two attached hydrogens (primary N) is 1. The van der Waals surface area contributed by atoms with Gasteiger partial charge in [-0.3, -0.25) is 0 Å². The molecule has 0 saturated carbocycles. The zero-order valence-electron chi connectivity index (χ0n) is 10.4. The normalized spacial score (nSPS) is 12.3. The summed E-state index contributed by atoms with van der Waals surface area (Å²) in [5, 5.41) is 9.72. The molecule has 1 aromatic carbocycles. The van der Waals surface area contributed by atoms with Crippen LogP contribution in [0.5, 0.6) is 11.5 Å². The summed E-state index contributed by atoms with van der Waals surface area (Å²) in [6.45, 7) is 0.529. The third-order valence-corrected chi connectivity index (χ3v) is 2.53. The van der Waals surface area contributed by atoms with Crippen molar-refractivity contribution in [1.29, 1.82) is 0 Å². The number of aliphatic hydroxyl groups is 1. The molecule has 5 heteroatoms. The van der Waals surface area contributed by atoms with Gasteiger partial charge in [0.25, 0.3) is 0 Å². The van der Waals surface area contributed by atoms with E-state index in [9.17, 15) is 5.11 Å². The summed E-state index contributed by atoms with van der Waals surface area (Å²) < 4.78 is 15.6. The van der Waals surface area contributed by atoms with Crippen molar-refractivity contribution in [2.24, 2.45) is 5.73 Å². The summed E-state index contributed by atoms with van der Waals surface area (Å²) in [4.78, 5) is 0. The van der Waals surface area contributed by atoms with Crippen LogP contribution in [0.3, 0.4) is 0 Å². The molecule has 1 rings (SSSR count). The minimum atomic E-state index is -0.727. The van der Waals surface area contributed by atoms with Gasteiger partial charge in [-0.1, -0.05) is 0 Å². The molecular weight excluding hydrogens is 222 g/mol. The standard InChI is InChI=1S/C12H19NO4/c1-15-7-9-11(16-2)4-8(10(14)6-13)5-12(9)17-3/h4-5,10,14H,6-7,13H2,1-3H3. The lowest BCUT2D eigenvalue weighted by Crippen LogP contribution is -2.12. The third kappa shape index (κ3) is 3.09. The maximum atomic E-state index is 9.72. The first-order valence-electron chi connectivity index (χ1n) is 5.29. The first-order valence-corrected chi connectivity index (χ1v) is 5.29. The predicted molar refractivity (Wildman–Crippen MR) is 64.3 cm³/mol. The second kappa shape index (κ2) is 6.44. The van der Waals surface area contributed by atoms with Gasteiger partial charge in [0.2, 0.25) is 0 Å². The fourth-order valence-corrected chi connectivity index (χ4v) is 1.62. The lowest BCUT2D eigenvalue weighted by Gasteiger charge is -2.16. The Labute approximate surface area is 101 Å². The van der Waals surface area contributed by atoms with Gasteiger partial charge in [0.15, 0.2) is 0 Å². The van der Waals surface area contributed by atoms with Crippen LogP contribution in [0, 0.1) is 0 Å². The summed E-state index contributed by atoms with van der Waals surface area (Å²) >= 11 is 0. The molecule has 1 unspecified atom stereocenters. The Kier molecular flexibility index (Phi) is 5.21. The molecule has 0 saturated heterocycles. The molecule has 0 aliphatic heterocycles. The van der Waals surface area contributed by atoms with E-state index in [1.165, 1.54) is 0 Å². The van der Waals surface area contributed by atoms with Crippen molar-refractivity contribution in [1.82, 2.24) is 0 Å². The Hall–Kier alpha value is -1.30. The zero-order valence-corrected chi connectivity index (χ0v) is 10.4. The van der Waals surface area contributed by atoms with Crippen molar-refractivity contribution in [3.8, 4) is 11.5 Å². The molecule has 17 heavy (non-hydrogen) atoms. The highest BCUT2D eigenvalue weighted by Gasteiger charge is 2.15. The molecule has 0 heterocycles. The average Bonchev–Trinajstić information content (AvgIpc) is 2.38. The number of hydrogen-bond donors (Lipinski definition) is 2. The number of ether oxygens (including phenoxy) is 3. The smallest absolute Gasteiger partial charge is 0.128 e. The van der Waals surface area contributed by atoms with Gasteiger partial charge in [-0.2, -0.15) is 0 Å². The average molecular weight is 241 g/mol. The second-order valence-electron chi connectivity index (χ2n) is 3.59. The maximum Gasteiger partial charge on any atom is 0.128 e. The summed E-state index contributed by atoms with van der Waals surface area (Å²) in [7, 11) is 4.72. The fraction of sp³-hybridized carbons (Fsp3) is 0.500. The monoisotopic (exact) mass is 241 g/mol. The molecule has 0 radical (unpaired) electrons. The molecule has 0 spiro atoms. The Morgan fingerprint density at radius 1 is 1.18 bits per heavy atom. The topological polar surface area (TPSA) is 73.9 Å². The number of methoxy groups -OCH3 is 3. The van der Waals surface area contributed by atoms with Crippen molar-refractivity contribution in [3.05, 3.63) is 23.3 Å². The quantitative estimate of drug-likeness (QED) is 0.772. The van der Waals surface area contributed by atoms with E-state index in [1.807, 2.05) is 0 Å². The molecule has 0 bridgehead atoms. The molecule has 0 aliphatic rings. The van der Waals surface area contributed by atoms with E-state index in [-0.39, 0.29) is 6.54 Å². The van der Waals surface area contributed by atoms with Crippen LogP contribution >= 0.6 is 0 Å². The van der Waals surface area contributed by atoms with Crippen LogP contribution in [0.15, 0.2) is 12.1 Å². The SMILES string of the molecule is COCc1c(OC)cc(C(O)CN)cc1OC. The highest BCUT2D eigenvalue weighted by Crippen LogP contribution is 2.33. The molecule has 5 nitrogen and oxygen atoms in total. The van der Waals surface area contributed by atoms with E-state index in [0.717, 1.165) is 5.56 Å². The van der Waals surface area contributed by atoms with Crippen LogP contribution in [0.1, 0.15) is 17.2 Å². The number of rotatable bonds is 6. The van der Waals surface area contributed by atoms with E-state index in [1.54, 1.807) is 33.5 Å². The van der Waals surface area contributed by atoms with Crippen molar-refractivity contribution in [2.45, 2.75) is 12.7 Å². The largest absolute Gasteiger partial charge is 0.496 e. The first-order chi connectivity index (χ1) is 8.17. The Morgan fingerprint density at radius 3 is 2.06 bits per heavy atom. The van der Waals surface area contributed by atoms with Gasteiger partial charge in [0.05, 0.1) is 32.5 Å². The molecular formula is C12H19NO4. The van der Waals surface area contributed by atoms with Gasteiger partial charge in [-0.05, 0) is 17.7 Å². The van der Waals surface area contributed by atoms with Crippen molar-refractivity contribution >= 4 is 0 Å². The van der Waals surface area contributed by atoms with Gasteiger partial charge >= 0.3 is 0 Å². The van der Waals surface area contributed by atoms with Crippen LogP contribution in [-0.2, 0) is 11.3 Å². The van der Waals surface area contributed by atoms with E-state index < -0.39 is 6.10 Å². The molecule has 3 N–H and O–H groups in total. The minimum absolute atomic E-state index is 0.149. The fourth-order valence-electron chi connectivity index (χ4n) is 1.62. The molecule has 0 aliphatic carbocycles. The van der Waals surface area contributed by atoms with Crippen molar-refractivity contribution in [3.63, 3.8) is 0 Å². The van der Waals surface area contributed by atoms with Gasteiger partial charge in [0.1, 0.15) is 11.5 Å². The first kappa shape index (κ1) is 13.8. The van der Waals surface area contributed by atoms with E-state index >= 15 is 0 Å². The maximum absolute atomic E-state index is 9.72. The van der Waals surface area contributed by atoms with Crippen LogP contribution in [0.2, 0.25) is 0 Å². The van der Waals surface area contributed by atoms with E-state index in [2.05, 4.69) is 0 Å². The highest BCUT2D eigenvalue weighted by atomic mass is 16.5. The Bertz CT molecular complexity index is 343. The molecule has 96 valence electrons. The van der Waals surface area contributed by atoms with Gasteiger partial charge in [-0.25, -0.2) is 0 Å². The third-order valence-electron chi connectivity index (χ3n) is 2.53. The second-order valence-corrected chi connectivity index (χ2v) is 3.59. The molecule has 0 aromatic heterocycles. The van der Waals surface area contributed by atoms with Crippen LogP contribution in [0.25, 0.3) is 0 Å². The summed E-state index contributed by atoms with van der Waals surface area (Å²) in [5.41, 5.74) is 6.91. The molecule has 0 amide bonds. The lowest BCUT2D eigenvalue weighted by molar-refractivity contribution is 0.175. The van der Waals surface area contributed by atoms with E-state index in [4.69, 9.17) is 19.9 Å². The van der Waals surface area contributed by atoms with E-state index in [0.29, 0.717) is 23.7 Å². The summed E-state index contributed by atoms with van der Waals surface area (Å²) in [5.74, 6) is 1.24. The number of benzene rings is 1. The predicted octanol–water partition coefficient (Wildman–Crippen LogP) is 0.842. The Balaban J connectivity index is 3.23. The van der Waals surface area contributed by atoms with Crippen LogP contribution in [-0.4, -0.2) is 33.0 Å². The number of aliphatic hydroxyl groups excluding tert-OH is 1. The summed E-state index contributed by atoms with van der Waals surface area (Å²) in [6, 6.07) is 3.49. The molecule has 0 fully saturated rings.